The molecule has 0 aliphatic carbocycles. The summed E-state index contributed by atoms with van der Waals surface area (Å²) in [4.78, 5) is 47.5. The number of anilines is 1. The van der Waals surface area contributed by atoms with Crippen LogP contribution in [0, 0.1) is 29.4 Å². The molecule has 0 bridgehead atoms. The number of carbonyl (C=O) groups is 3. The molecule has 3 aromatic carbocycles. The van der Waals surface area contributed by atoms with Crippen LogP contribution in [0.4, 0.5) is 20.2 Å². The number of aromatic nitrogens is 4. The highest BCUT2D eigenvalue weighted by Crippen LogP contribution is 2.38. The molecule has 2 N–H and O–H groups in total. The third-order valence-corrected chi connectivity index (χ3v) is 10.3. The van der Waals surface area contributed by atoms with Crippen molar-refractivity contribution in [3.05, 3.63) is 111 Å². The molecule has 20 heteroatoms. The minimum atomic E-state index is -1.07. The second kappa shape index (κ2) is 19.9. The van der Waals surface area contributed by atoms with Gasteiger partial charge in [0.15, 0.2) is 31.0 Å². The Balaban J connectivity index is 0.000000162. The molecule has 0 spiro atoms. The fraction of sp³-hybridized carbons (Fsp3) is 0.233. The standard InChI is InChI=1S/C18H17FN4O2S.C14H11ClFNO4.C11H8ClNO3/c1-4-5-22-13-7-12(11(19)6-14(13)25-9-16(22)24)20-17-23-10-18(2,3)8-15(23)21-26-17;1-8(14(18)19)20-10-2-4-11(5-3-10)21-13-12(16)6-9(15)7-17-13;12-8-3-4-9(16-6-10(14)15)11-7(8)2-1-5-13-11/h1,6-7H,5,8-10H2,2-3H3;2-8H,1H3,(H,18,19);1-5H,6H2,(H,14,15)/t;8-;/m.1./s1. The molecule has 2 aliphatic heterocycles. The van der Waals surface area contributed by atoms with Crippen molar-refractivity contribution < 1.29 is 52.3 Å². The number of nitrogens with zero attached hydrogens (tertiary/aromatic N) is 6. The average Bonchev–Trinajstić information content (AvgIpc) is 3.76. The van der Waals surface area contributed by atoms with Gasteiger partial charge in [-0.15, -0.1) is 6.42 Å². The molecule has 6 aromatic rings. The topological polar surface area (TPSA) is 188 Å². The molecule has 3 aromatic heterocycles. The molecule has 0 fully saturated rings. The first-order valence-electron chi connectivity index (χ1n) is 18.7. The van der Waals surface area contributed by atoms with Crippen molar-refractivity contribution in [3.63, 3.8) is 0 Å². The summed E-state index contributed by atoms with van der Waals surface area (Å²) in [6.45, 7) is 6.08. The van der Waals surface area contributed by atoms with Gasteiger partial charge in [0.25, 0.3) is 11.8 Å². The zero-order chi connectivity index (χ0) is 45.4. The number of pyridine rings is 2. The van der Waals surface area contributed by atoms with Crippen molar-refractivity contribution in [1.82, 2.24) is 18.9 Å². The summed E-state index contributed by atoms with van der Waals surface area (Å²) in [5, 5.41) is 18.7. The van der Waals surface area contributed by atoms with Gasteiger partial charge < -0.3 is 33.7 Å². The number of ether oxygens (including phenoxy) is 4. The van der Waals surface area contributed by atoms with Crippen LogP contribution in [0.15, 0.2) is 84.1 Å². The molecule has 0 unspecified atom stereocenters. The van der Waals surface area contributed by atoms with Gasteiger partial charge in [-0.2, -0.15) is 4.37 Å². The number of carboxylic acid groups (broad SMARTS) is 2. The summed E-state index contributed by atoms with van der Waals surface area (Å²) in [5.74, 6) is 1.06. The second-order valence-electron chi connectivity index (χ2n) is 14.4. The molecule has 0 saturated heterocycles. The molecule has 8 rings (SSSR count). The summed E-state index contributed by atoms with van der Waals surface area (Å²) in [7, 11) is 0. The maximum atomic E-state index is 14.5. The van der Waals surface area contributed by atoms with E-state index in [2.05, 4.69) is 39.1 Å². The smallest absolute Gasteiger partial charge is 0.344 e. The van der Waals surface area contributed by atoms with Crippen molar-refractivity contribution in [3.8, 4) is 41.2 Å². The van der Waals surface area contributed by atoms with Crippen molar-refractivity contribution in [2.45, 2.75) is 39.8 Å². The molecule has 1 amide bonds. The fourth-order valence-corrected chi connectivity index (χ4v) is 7.16. The SMILES string of the molecule is C#CCN1C(=O)COc2cc(F)c(N=c3snc4n3CC(C)(C)C4)cc21.C[C@@H](Oc1ccc(Oc2ncc(Cl)cc2F)cc1)C(=O)O.O=C(O)COc1ccc(Cl)c2cccnc12. The predicted octanol–water partition coefficient (Wildman–Crippen LogP) is 8.13. The summed E-state index contributed by atoms with van der Waals surface area (Å²) >= 11 is 12.8. The lowest BCUT2D eigenvalue weighted by Crippen LogP contribution is -2.39. The fourth-order valence-electron chi connectivity index (χ4n) is 6.04. The van der Waals surface area contributed by atoms with Gasteiger partial charge in [0.05, 0.1) is 22.3 Å². The number of fused-ring (bicyclic) bond motifs is 3. The highest BCUT2D eigenvalue weighted by atomic mass is 35.5. The van der Waals surface area contributed by atoms with E-state index in [4.69, 9.17) is 58.8 Å². The first-order valence-corrected chi connectivity index (χ1v) is 20.2. The largest absolute Gasteiger partial charge is 0.481 e. The first kappa shape index (κ1) is 45.7. The van der Waals surface area contributed by atoms with E-state index in [0.29, 0.717) is 44.0 Å². The molecule has 1 atom stereocenters. The molecule has 63 heavy (non-hydrogen) atoms. The van der Waals surface area contributed by atoms with Gasteiger partial charge in [0, 0.05) is 48.3 Å². The Morgan fingerprint density at radius 1 is 1.06 bits per heavy atom. The number of carboxylic acids is 2. The van der Waals surface area contributed by atoms with Crippen LogP contribution in [0.25, 0.3) is 10.9 Å². The van der Waals surface area contributed by atoms with E-state index in [-0.39, 0.29) is 41.1 Å². The lowest BCUT2D eigenvalue weighted by Gasteiger charge is -2.28. The molecule has 0 saturated carbocycles. The third-order valence-electron chi connectivity index (χ3n) is 8.94. The lowest BCUT2D eigenvalue weighted by atomic mass is 9.92. The van der Waals surface area contributed by atoms with E-state index in [1.807, 2.05) is 4.57 Å². The van der Waals surface area contributed by atoms with E-state index < -0.39 is 36.3 Å². The number of halogens is 4. The van der Waals surface area contributed by atoms with E-state index in [1.165, 1.54) is 66.0 Å². The van der Waals surface area contributed by atoms with Crippen molar-refractivity contribution in [2.75, 3.05) is 24.7 Å². The molecule has 0 radical (unpaired) electrons. The Morgan fingerprint density at radius 3 is 2.51 bits per heavy atom. The maximum Gasteiger partial charge on any atom is 0.344 e. The number of carbonyl (C=O) groups excluding carboxylic acids is 1. The van der Waals surface area contributed by atoms with Gasteiger partial charge in [-0.3, -0.25) is 14.7 Å². The summed E-state index contributed by atoms with van der Waals surface area (Å²) in [6.07, 6.45) is 8.12. The normalized spacial score (nSPS) is 14.1. The van der Waals surface area contributed by atoms with Crippen LogP contribution >= 0.6 is 34.7 Å². The van der Waals surface area contributed by atoms with Crippen LogP contribution < -0.4 is 28.6 Å². The summed E-state index contributed by atoms with van der Waals surface area (Å²) in [6, 6.07) is 16.7. The second-order valence-corrected chi connectivity index (χ2v) is 16.0. The summed E-state index contributed by atoms with van der Waals surface area (Å²) < 4.78 is 55.4. The molecular formula is C43H36Cl2F2N6O9S. The minimum absolute atomic E-state index is 0.0964. The quantitative estimate of drug-likeness (QED) is 0.126. The number of aliphatic carboxylic acids is 2. The van der Waals surface area contributed by atoms with Gasteiger partial charge >= 0.3 is 11.9 Å². The molecule has 326 valence electrons. The number of benzene rings is 3. The van der Waals surface area contributed by atoms with Gasteiger partial charge in [-0.05, 0) is 73.0 Å². The van der Waals surface area contributed by atoms with E-state index in [0.717, 1.165) is 30.2 Å². The van der Waals surface area contributed by atoms with Crippen LogP contribution in [0.3, 0.4) is 0 Å². The predicted molar refractivity (Wildman–Crippen MR) is 229 cm³/mol. The zero-order valence-electron chi connectivity index (χ0n) is 33.6. The monoisotopic (exact) mass is 920 g/mol. The Bertz CT molecular complexity index is 2800. The zero-order valence-corrected chi connectivity index (χ0v) is 35.9. The Labute approximate surface area is 372 Å². The van der Waals surface area contributed by atoms with Crippen LogP contribution in [0.1, 0.15) is 26.6 Å². The summed E-state index contributed by atoms with van der Waals surface area (Å²) in [5.41, 5.74) is 1.24. The van der Waals surface area contributed by atoms with Crippen LogP contribution in [0.5, 0.6) is 28.9 Å². The lowest BCUT2D eigenvalue weighted by molar-refractivity contribution is -0.144. The average molecular weight is 922 g/mol. The van der Waals surface area contributed by atoms with Crippen molar-refractivity contribution >= 4 is 74.9 Å². The highest BCUT2D eigenvalue weighted by Gasteiger charge is 2.31. The van der Waals surface area contributed by atoms with Gasteiger partial charge in [-0.1, -0.05) is 43.0 Å². The third kappa shape index (κ3) is 11.6. The molecule has 5 heterocycles. The minimum Gasteiger partial charge on any atom is -0.481 e. The van der Waals surface area contributed by atoms with Crippen molar-refractivity contribution in [2.24, 2.45) is 10.4 Å². The number of hydrogen-bond acceptors (Lipinski definition) is 12. The van der Waals surface area contributed by atoms with Crippen molar-refractivity contribution in [1.29, 1.82) is 0 Å². The Kier molecular flexibility index (Phi) is 14.5. The Hall–Kier alpha value is -6.81. The van der Waals surface area contributed by atoms with Gasteiger partial charge in [0.2, 0.25) is 4.80 Å². The van der Waals surface area contributed by atoms with Crippen LogP contribution in [-0.2, 0) is 27.3 Å². The number of terminal acetylenes is 1. The maximum absolute atomic E-state index is 14.5. The highest BCUT2D eigenvalue weighted by molar-refractivity contribution is 7.02. The van der Waals surface area contributed by atoms with Crippen LogP contribution in [0.2, 0.25) is 10.0 Å². The number of amides is 1. The number of rotatable bonds is 10. The van der Waals surface area contributed by atoms with E-state index >= 15 is 0 Å². The molecular weight excluding hydrogens is 885 g/mol. The van der Waals surface area contributed by atoms with Gasteiger partial charge in [-0.25, -0.2) is 28.3 Å². The molecule has 15 nitrogen and oxygen atoms in total. The van der Waals surface area contributed by atoms with E-state index in [9.17, 15) is 23.2 Å². The van der Waals surface area contributed by atoms with Crippen LogP contribution in [-0.4, -0.2) is 72.8 Å². The molecule has 2 aliphatic rings. The van der Waals surface area contributed by atoms with E-state index in [1.54, 1.807) is 30.5 Å². The number of hydrogen-bond donors (Lipinski definition) is 2. The first-order chi connectivity index (χ1) is 30.0. The van der Waals surface area contributed by atoms with Gasteiger partial charge in [0.1, 0.15) is 40.0 Å². The Morgan fingerprint density at radius 2 is 1.81 bits per heavy atom.